The van der Waals surface area contributed by atoms with Crippen molar-refractivity contribution >= 4 is 29.4 Å². The van der Waals surface area contributed by atoms with Crippen molar-refractivity contribution in [2.75, 3.05) is 13.7 Å². The molecule has 1 aliphatic heterocycles. The molecule has 2 aromatic carbocycles. The molecule has 4 aromatic rings. The molecular formula is C34H35N3O6S. The lowest BCUT2D eigenvalue weighted by atomic mass is 9.95. The SMILES string of the molecule is CCOC(=O)C1=C(C)N=c2s/c(=C/c3cc(C)n(-c4cccc(C(=O)OC)c4)c3C)c(=O)n2[C@@H]1c1ccccc1OC(C)C. The first-order valence-electron chi connectivity index (χ1n) is 14.4. The van der Waals surface area contributed by atoms with Crippen LogP contribution < -0.4 is 19.6 Å². The molecule has 1 atom stereocenters. The van der Waals surface area contributed by atoms with Gasteiger partial charge in [0.05, 0.1) is 41.2 Å². The number of hydrogen-bond acceptors (Lipinski definition) is 8. The molecule has 5 rings (SSSR count). The van der Waals surface area contributed by atoms with Gasteiger partial charge in [-0.1, -0.05) is 35.6 Å². The zero-order valence-electron chi connectivity index (χ0n) is 25.8. The summed E-state index contributed by atoms with van der Waals surface area (Å²) in [7, 11) is 1.35. The number of ether oxygens (including phenoxy) is 3. The van der Waals surface area contributed by atoms with E-state index >= 15 is 0 Å². The van der Waals surface area contributed by atoms with E-state index < -0.39 is 18.0 Å². The quantitative estimate of drug-likeness (QED) is 0.265. The van der Waals surface area contributed by atoms with Gasteiger partial charge in [-0.25, -0.2) is 14.6 Å². The number of esters is 2. The highest BCUT2D eigenvalue weighted by atomic mass is 32.1. The minimum absolute atomic E-state index is 0.119. The fourth-order valence-corrected chi connectivity index (χ4v) is 6.55. The van der Waals surface area contributed by atoms with Crippen LogP contribution in [0.25, 0.3) is 11.8 Å². The summed E-state index contributed by atoms with van der Waals surface area (Å²) in [4.78, 5) is 44.9. The van der Waals surface area contributed by atoms with E-state index in [0.717, 1.165) is 22.6 Å². The van der Waals surface area contributed by atoms with Crippen molar-refractivity contribution in [3.8, 4) is 11.4 Å². The zero-order valence-corrected chi connectivity index (χ0v) is 26.7. The number of nitrogens with zero attached hydrogens (tertiary/aromatic N) is 3. The molecule has 0 radical (unpaired) electrons. The standard InChI is InChI=1S/C34H35N3O6S/c1-8-42-33(40)29-21(5)35-34-37(30(29)26-14-9-10-15-27(26)43-19(2)3)31(38)28(44-34)18-24-16-20(4)36(22(24)6)25-13-11-12-23(17-25)32(39)41-7/h9-19,30H,8H2,1-7H3/b28-18+/t30-/m1/s1. The van der Waals surface area contributed by atoms with Gasteiger partial charge in [-0.3, -0.25) is 9.36 Å². The van der Waals surface area contributed by atoms with Gasteiger partial charge in [0.2, 0.25) is 0 Å². The van der Waals surface area contributed by atoms with E-state index in [2.05, 4.69) is 0 Å². The van der Waals surface area contributed by atoms with Crippen LogP contribution >= 0.6 is 11.3 Å². The van der Waals surface area contributed by atoms with E-state index in [1.165, 1.54) is 18.4 Å². The van der Waals surface area contributed by atoms with Gasteiger partial charge >= 0.3 is 11.9 Å². The Morgan fingerprint density at radius 3 is 2.50 bits per heavy atom. The van der Waals surface area contributed by atoms with Crippen molar-refractivity contribution in [2.24, 2.45) is 4.99 Å². The summed E-state index contributed by atoms with van der Waals surface area (Å²) in [6, 6.07) is 15.9. The number of benzene rings is 2. The number of para-hydroxylation sites is 1. The van der Waals surface area contributed by atoms with Crippen molar-refractivity contribution in [1.29, 1.82) is 0 Å². The van der Waals surface area contributed by atoms with Gasteiger partial charge in [0.25, 0.3) is 5.56 Å². The lowest BCUT2D eigenvalue weighted by molar-refractivity contribution is -0.139. The number of rotatable bonds is 8. The monoisotopic (exact) mass is 613 g/mol. The third-order valence-corrected chi connectivity index (χ3v) is 8.36. The van der Waals surface area contributed by atoms with E-state index in [1.807, 2.05) is 80.8 Å². The van der Waals surface area contributed by atoms with E-state index in [0.29, 0.717) is 37.5 Å². The van der Waals surface area contributed by atoms with E-state index in [9.17, 15) is 14.4 Å². The molecule has 10 heteroatoms. The number of aryl methyl sites for hydroxylation is 1. The predicted molar refractivity (Wildman–Crippen MR) is 169 cm³/mol. The van der Waals surface area contributed by atoms with Crippen LogP contribution in [0, 0.1) is 13.8 Å². The average Bonchev–Trinajstić information content (AvgIpc) is 3.45. The third kappa shape index (κ3) is 5.65. The lowest BCUT2D eigenvalue weighted by Crippen LogP contribution is -2.40. The van der Waals surface area contributed by atoms with Crippen LogP contribution in [0.5, 0.6) is 5.75 Å². The second-order valence-electron chi connectivity index (χ2n) is 10.7. The molecule has 44 heavy (non-hydrogen) atoms. The smallest absolute Gasteiger partial charge is 0.338 e. The number of hydrogen-bond donors (Lipinski definition) is 0. The first-order chi connectivity index (χ1) is 21.0. The molecule has 0 saturated carbocycles. The maximum absolute atomic E-state index is 14.2. The molecule has 1 aliphatic rings. The number of aromatic nitrogens is 2. The van der Waals surface area contributed by atoms with Crippen molar-refractivity contribution in [3.05, 3.63) is 114 Å². The van der Waals surface area contributed by atoms with E-state index in [4.69, 9.17) is 19.2 Å². The molecular weight excluding hydrogens is 578 g/mol. The average molecular weight is 614 g/mol. The van der Waals surface area contributed by atoms with Crippen LogP contribution in [0.1, 0.15) is 66.6 Å². The van der Waals surface area contributed by atoms with Crippen molar-refractivity contribution in [3.63, 3.8) is 0 Å². The third-order valence-electron chi connectivity index (χ3n) is 7.38. The molecule has 3 heterocycles. The number of methoxy groups -OCH3 is 1. The summed E-state index contributed by atoms with van der Waals surface area (Å²) in [6.45, 7) is 11.5. The Labute approximate surface area is 259 Å². The molecule has 0 amide bonds. The summed E-state index contributed by atoms with van der Waals surface area (Å²) in [5, 5.41) is 0. The highest BCUT2D eigenvalue weighted by molar-refractivity contribution is 7.07. The number of carbonyl (C=O) groups excluding carboxylic acids is 2. The van der Waals surface area contributed by atoms with E-state index in [1.54, 1.807) is 30.5 Å². The van der Waals surface area contributed by atoms with Crippen LogP contribution in [0.4, 0.5) is 0 Å². The van der Waals surface area contributed by atoms with Crippen LogP contribution in [0.2, 0.25) is 0 Å². The molecule has 2 aromatic heterocycles. The Hall–Kier alpha value is -4.70. The Morgan fingerprint density at radius 2 is 1.80 bits per heavy atom. The molecule has 9 nitrogen and oxygen atoms in total. The molecule has 0 fully saturated rings. The van der Waals surface area contributed by atoms with Crippen LogP contribution in [0.3, 0.4) is 0 Å². The summed E-state index contributed by atoms with van der Waals surface area (Å²) < 4.78 is 20.5. The minimum Gasteiger partial charge on any atom is -0.491 e. The van der Waals surface area contributed by atoms with Crippen LogP contribution in [-0.4, -0.2) is 40.9 Å². The van der Waals surface area contributed by atoms with Crippen molar-refractivity contribution in [1.82, 2.24) is 9.13 Å². The van der Waals surface area contributed by atoms with Gasteiger partial charge in [-0.05, 0) is 83.5 Å². The van der Waals surface area contributed by atoms with Gasteiger partial charge in [-0.15, -0.1) is 0 Å². The number of thiazole rings is 1. The van der Waals surface area contributed by atoms with Gasteiger partial charge in [0.1, 0.15) is 11.8 Å². The number of allylic oxidation sites excluding steroid dienone is 1. The Bertz CT molecular complexity index is 1980. The Morgan fingerprint density at radius 1 is 1.05 bits per heavy atom. The fourth-order valence-electron chi connectivity index (χ4n) is 5.52. The van der Waals surface area contributed by atoms with Crippen molar-refractivity contribution < 1.29 is 23.8 Å². The highest BCUT2D eigenvalue weighted by Gasteiger charge is 2.35. The molecule has 0 saturated heterocycles. The lowest BCUT2D eigenvalue weighted by Gasteiger charge is -2.26. The first-order valence-corrected chi connectivity index (χ1v) is 15.2. The summed E-state index contributed by atoms with van der Waals surface area (Å²) in [6.07, 6.45) is 1.73. The molecule has 0 spiro atoms. The van der Waals surface area contributed by atoms with Crippen molar-refractivity contribution in [2.45, 2.75) is 53.7 Å². The molecule has 0 unspecified atom stereocenters. The van der Waals surface area contributed by atoms with Crippen LogP contribution in [-0.2, 0) is 14.3 Å². The summed E-state index contributed by atoms with van der Waals surface area (Å²) in [5.41, 5.74) is 5.12. The number of fused-ring (bicyclic) bond motifs is 1. The second kappa shape index (κ2) is 12.5. The molecule has 0 bridgehead atoms. The largest absolute Gasteiger partial charge is 0.491 e. The summed E-state index contributed by atoms with van der Waals surface area (Å²) >= 11 is 1.27. The maximum Gasteiger partial charge on any atom is 0.338 e. The summed E-state index contributed by atoms with van der Waals surface area (Å²) in [5.74, 6) is -0.357. The molecule has 228 valence electrons. The Balaban J connectivity index is 1.69. The van der Waals surface area contributed by atoms with Crippen LogP contribution in [0.15, 0.2) is 75.7 Å². The van der Waals surface area contributed by atoms with Gasteiger partial charge in [-0.2, -0.15) is 0 Å². The van der Waals surface area contributed by atoms with Gasteiger partial charge < -0.3 is 18.8 Å². The highest BCUT2D eigenvalue weighted by Crippen LogP contribution is 2.36. The predicted octanol–water partition coefficient (Wildman–Crippen LogP) is 4.78. The fraction of sp³-hybridized carbons (Fsp3) is 0.294. The Kier molecular flexibility index (Phi) is 8.73. The zero-order chi connectivity index (χ0) is 31.7. The topological polar surface area (TPSA) is 101 Å². The molecule has 0 aliphatic carbocycles. The van der Waals surface area contributed by atoms with Gasteiger partial charge in [0.15, 0.2) is 4.80 Å². The minimum atomic E-state index is -0.782. The maximum atomic E-state index is 14.2. The molecule has 0 N–H and O–H groups in total. The second-order valence-corrected chi connectivity index (χ2v) is 11.7. The normalized spacial score (nSPS) is 14.8. The number of carbonyl (C=O) groups is 2. The first kappa shape index (κ1) is 30.7. The van der Waals surface area contributed by atoms with E-state index in [-0.39, 0.29) is 18.3 Å². The van der Waals surface area contributed by atoms with Gasteiger partial charge in [0, 0.05) is 22.6 Å².